The lowest BCUT2D eigenvalue weighted by atomic mass is 10.2. The molecule has 0 heterocycles. The van der Waals surface area contributed by atoms with Crippen LogP contribution in [0.4, 0.5) is 0 Å². The molecule has 0 aliphatic rings. The van der Waals surface area contributed by atoms with E-state index in [0.29, 0.717) is 13.2 Å². The summed E-state index contributed by atoms with van der Waals surface area (Å²) in [5.74, 6) is 0. The molecule has 0 aromatic heterocycles. The molecule has 1 rings (SSSR count). The van der Waals surface area contributed by atoms with Crippen molar-refractivity contribution in [1.29, 1.82) is 0 Å². The van der Waals surface area contributed by atoms with Crippen LogP contribution in [0.3, 0.4) is 0 Å². The minimum Gasteiger partial charge on any atom is -0.371 e. The van der Waals surface area contributed by atoms with Gasteiger partial charge in [0.1, 0.15) is 12.9 Å². The third-order valence-electron chi connectivity index (χ3n) is 2.04. The molecule has 0 amide bonds. The van der Waals surface area contributed by atoms with E-state index in [2.05, 4.69) is 6.58 Å². The molecule has 0 fully saturated rings. The van der Waals surface area contributed by atoms with Crippen LogP contribution in [0.25, 0.3) is 0 Å². The summed E-state index contributed by atoms with van der Waals surface area (Å²) >= 11 is 0. The highest BCUT2D eigenvalue weighted by atomic mass is 16.5. The fourth-order valence-corrected chi connectivity index (χ4v) is 1.19. The van der Waals surface area contributed by atoms with Crippen LogP contribution in [-0.2, 0) is 20.9 Å². The predicted molar refractivity (Wildman–Crippen MR) is 62.1 cm³/mol. The summed E-state index contributed by atoms with van der Waals surface area (Å²) < 4.78 is 10.6. The number of ether oxygens (including phenoxy) is 2. The zero-order valence-corrected chi connectivity index (χ0v) is 9.17. The van der Waals surface area contributed by atoms with Crippen LogP contribution in [0.5, 0.6) is 0 Å². The van der Waals surface area contributed by atoms with Crippen LogP contribution < -0.4 is 0 Å². The average molecular weight is 220 g/mol. The SMILES string of the molecule is C=CC(COCC=O)OCc1ccccc1. The van der Waals surface area contributed by atoms with Crippen LogP contribution in [0.1, 0.15) is 5.56 Å². The van der Waals surface area contributed by atoms with Gasteiger partial charge in [0.25, 0.3) is 0 Å². The monoisotopic (exact) mass is 220 g/mol. The largest absolute Gasteiger partial charge is 0.371 e. The zero-order valence-electron chi connectivity index (χ0n) is 9.17. The van der Waals surface area contributed by atoms with Gasteiger partial charge in [0.15, 0.2) is 0 Å². The van der Waals surface area contributed by atoms with Crippen LogP contribution in [0.2, 0.25) is 0 Å². The van der Waals surface area contributed by atoms with Crippen LogP contribution in [-0.4, -0.2) is 25.6 Å². The number of hydrogen-bond donors (Lipinski definition) is 0. The highest BCUT2D eigenvalue weighted by Gasteiger charge is 2.04. The lowest BCUT2D eigenvalue weighted by molar-refractivity contribution is -0.113. The van der Waals surface area contributed by atoms with Gasteiger partial charge in [-0.1, -0.05) is 36.4 Å². The Kier molecular flexibility index (Phi) is 6.15. The molecule has 1 atom stereocenters. The number of rotatable bonds is 8. The van der Waals surface area contributed by atoms with E-state index in [1.165, 1.54) is 0 Å². The van der Waals surface area contributed by atoms with E-state index < -0.39 is 0 Å². The van der Waals surface area contributed by atoms with Gasteiger partial charge in [-0.3, -0.25) is 0 Å². The Bertz CT molecular complexity index is 308. The summed E-state index contributed by atoms with van der Waals surface area (Å²) in [5.41, 5.74) is 1.10. The molecular formula is C13H16O3. The van der Waals surface area contributed by atoms with Gasteiger partial charge in [0.2, 0.25) is 0 Å². The first-order valence-electron chi connectivity index (χ1n) is 5.16. The fourth-order valence-electron chi connectivity index (χ4n) is 1.19. The van der Waals surface area contributed by atoms with Crippen LogP contribution >= 0.6 is 0 Å². The molecule has 1 unspecified atom stereocenters. The molecule has 16 heavy (non-hydrogen) atoms. The maximum Gasteiger partial charge on any atom is 0.145 e. The summed E-state index contributed by atoms with van der Waals surface area (Å²) in [6.45, 7) is 4.63. The molecule has 3 nitrogen and oxygen atoms in total. The van der Waals surface area contributed by atoms with Gasteiger partial charge in [-0.05, 0) is 5.56 Å². The van der Waals surface area contributed by atoms with Gasteiger partial charge in [0.05, 0.1) is 19.3 Å². The number of hydrogen-bond acceptors (Lipinski definition) is 3. The van der Waals surface area contributed by atoms with E-state index in [1.807, 2.05) is 30.3 Å². The van der Waals surface area contributed by atoms with E-state index in [4.69, 9.17) is 9.47 Å². The molecule has 3 heteroatoms. The highest BCUT2D eigenvalue weighted by Crippen LogP contribution is 2.04. The minimum absolute atomic E-state index is 0.0963. The normalized spacial score (nSPS) is 12.0. The number of benzene rings is 1. The molecule has 0 saturated carbocycles. The van der Waals surface area contributed by atoms with Crippen molar-refractivity contribution in [3.05, 3.63) is 48.6 Å². The summed E-state index contributed by atoms with van der Waals surface area (Å²) in [4.78, 5) is 10.1. The van der Waals surface area contributed by atoms with Crippen molar-refractivity contribution in [2.24, 2.45) is 0 Å². The quantitative estimate of drug-likeness (QED) is 0.382. The molecule has 0 aliphatic heterocycles. The second-order valence-corrected chi connectivity index (χ2v) is 3.27. The molecule has 1 aromatic carbocycles. The van der Waals surface area contributed by atoms with E-state index >= 15 is 0 Å². The highest BCUT2D eigenvalue weighted by molar-refractivity contribution is 5.50. The Balaban J connectivity index is 2.28. The zero-order chi connectivity index (χ0) is 11.6. The molecule has 0 aliphatic carbocycles. The molecule has 0 radical (unpaired) electrons. The molecule has 1 aromatic rings. The Labute approximate surface area is 95.7 Å². The third kappa shape index (κ3) is 4.87. The van der Waals surface area contributed by atoms with Crippen molar-refractivity contribution in [2.75, 3.05) is 13.2 Å². The van der Waals surface area contributed by atoms with Crippen molar-refractivity contribution < 1.29 is 14.3 Å². The van der Waals surface area contributed by atoms with Gasteiger partial charge in [-0.25, -0.2) is 0 Å². The maximum absolute atomic E-state index is 10.1. The van der Waals surface area contributed by atoms with Gasteiger partial charge in [-0.15, -0.1) is 6.58 Å². The smallest absolute Gasteiger partial charge is 0.145 e. The summed E-state index contributed by atoms with van der Waals surface area (Å²) in [7, 11) is 0. The predicted octanol–water partition coefficient (Wildman–Crippen LogP) is 1.97. The number of aldehydes is 1. The van der Waals surface area contributed by atoms with Crippen molar-refractivity contribution >= 4 is 6.29 Å². The van der Waals surface area contributed by atoms with E-state index in [1.54, 1.807) is 6.08 Å². The molecule has 0 spiro atoms. The average Bonchev–Trinajstić information content (AvgIpc) is 2.35. The topological polar surface area (TPSA) is 35.5 Å². The number of carbonyl (C=O) groups excluding carboxylic acids is 1. The van der Waals surface area contributed by atoms with E-state index in [-0.39, 0.29) is 12.7 Å². The molecular weight excluding hydrogens is 204 g/mol. The second-order valence-electron chi connectivity index (χ2n) is 3.27. The Morgan fingerprint density at radius 1 is 1.31 bits per heavy atom. The van der Waals surface area contributed by atoms with Crippen molar-refractivity contribution in [3.63, 3.8) is 0 Å². The molecule has 0 saturated heterocycles. The van der Waals surface area contributed by atoms with Crippen molar-refractivity contribution in [3.8, 4) is 0 Å². The van der Waals surface area contributed by atoms with E-state index in [9.17, 15) is 4.79 Å². The van der Waals surface area contributed by atoms with Crippen molar-refractivity contribution in [2.45, 2.75) is 12.7 Å². The lowest BCUT2D eigenvalue weighted by Gasteiger charge is -2.13. The van der Waals surface area contributed by atoms with E-state index in [0.717, 1.165) is 11.8 Å². The first-order chi connectivity index (χ1) is 7.86. The van der Waals surface area contributed by atoms with Crippen LogP contribution in [0.15, 0.2) is 43.0 Å². The third-order valence-corrected chi connectivity index (χ3v) is 2.04. The minimum atomic E-state index is -0.180. The Morgan fingerprint density at radius 3 is 2.69 bits per heavy atom. The maximum atomic E-state index is 10.1. The fraction of sp³-hybridized carbons (Fsp3) is 0.308. The summed E-state index contributed by atoms with van der Waals surface area (Å²) in [6, 6.07) is 9.87. The standard InChI is InChI=1S/C13H16O3/c1-2-13(11-15-9-8-14)16-10-12-6-4-3-5-7-12/h2-8,13H,1,9-11H2. The summed E-state index contributed by atoms with van der Waals surface area (Å²) in [5, 5.41) is 0. The van der Waals surface area contributed by atoms with Crippen molar-refractivity contribution in [1.82, 2.24) is 0 Å². The van der Waals surface area contributed by atoms with Gasteiger partial charge in [0, 0.05) is 0 Å². The summed E-state index contributed by atoms with van der Waals surface area (Å²) in [6.07, 6.45) is 2.21. The van der Waals surface area contributed by atoms with Crippen LogP contribution in [0, 0.1) is 0 Å². The first kappa shape index (κ1) is 12.6. The first-order valence-corrected chi connectivity index (χ1v) is 5.16. The molecule has 86 valence electrons. The van der Waals surface area contributed by atoms with Gasteiger partial charge in [-0.2, -0.15) is 0 Å². The van der Waals surface area contributed by atoms with Gasteiger partial charge < -0.3 is 14.3 Å². The molecule has 0 N–H and O–H groups in total. The Hall–Kier alpha value is -1.45. The molecule has 0 bridgehead atoms. The second kappa shape index (κ2) is 7.79. The number of carbonyl (C=O) groups is 1. The van der Waals surface area contributed by atoms with Gasteiger partial charge >= 0.3 is 0 Å². The lowest BCUT2D eigenvalue weighted by Crippen LogP contribution is -2.17. The Morgan fingerprint density at radius 2 is 2.06 bits per heavy atom.